The van der Waals surface area contributed by atoms with Gasteiger partial charge >= 0.3 is 11.9 Å². The normalized spacial score (nSPS) is 10.7. The highest BCUT2D eigenvalue weighted by Crippen LogP contribution is 2.18. The number of hydrogen-bond acceptors (Lipinski definition) is 7. The summed E-state index contributed by atoms with van der Waals surface area (Å²) in [6.07, 6.45) is 2.11. The second-order valence-electron chi connectivity index (χ2n) is 5.09. The van der Waals surface area contributed by atoms with Crippen LogP contribution in [0.2, 0.25) is 0 Å². The van der Waals surface area contributed by atoms with Crippen LogP contribution < -0.4 is 9.47 Å². The monoisotopic (exact) mass is 376 g/mol. The third-order valence-corrected chi connectivity index (χ3v) is 4.27. The van der Waals surface area contributed by atoms with E-state index in [-0.39, 0.29) is 23.0 Å². The zero-order chi connectivity index (χ0) is 19.2. The smallest absolute Gasteiger partial charge is 0.343 e. The lowest BCUT2D eigenvalue weighted by Crippen LogP contribution is -2.09. The summed E-state index contributed by atoms with van der Waals surface area (Å²) in [5, 5.41) is 0. The van der Waals surface area contributed by atoms with Crippen molar-refractivity contribution in [2.45, 2.75) is 4.90 Å². The lowest BCUT2D eigenvalue weighted by atomic mass is 10.2. The Labute approximate surface area is 150 Å². The molecule has 0 aromatic heterocycles. The zero-order valence-corrected chi connectivity index (χ0v) is 14.7. The molecule has 0 radical (unpaired) electrons. The highest BCUT2D eigenvalue weighted by atomic mass is 32.2. The topological polar surface area (TPSA) is 96.0 Å². The molecular weight excluding hydrogens is 360 g/mol. The molecule has 0 heterocycles. The first-order chi connectivity index (χ1) is 12.3. The molecule has 26 heavy (non-hydrogen) atoms. The summed E-state index contributed by atoms with van der Waals surface area (Å²) >= 11 is 0. The van der Waals surface area contributed by atoms with Crippen LogP contribution in [0.1, 0.15) is 10.4 Å². The molecule has 0 aliphatic rings. The van der Waals surface area contributed by atoms with Gasteiger partial charge in [-0.1, -0.05) is 6.58 Å². The summed E-state index contributed by atoms with van der Waals surface area (Å²) in [5.74, 6) is -0.594. The minimum Gasteiger partial charge on any atom is -0.457 e. The molecule has 0 spiro atoms. The average Bonchev–Trinajstić information content (AvgIpc) is 2.61. The summed E-state index contributed by atoms with van der Waals surface area (Å²) < 4.78 is 37.8. The lowest BCUT2D eigenvalue weighted by molar-refractivity contribution is -0.144. The highest BCUT2D eigenvalue weighted by Gasteiger charge is 2.11. The molecule has 0 unspecified atom stereocenters. The number of hydrogen-bond donors (Lipinski definition) is 0. The van der Waals surface area contributed by atoms with E-state index < -0.39 is 21.8 Å². The van der Waals surface area contributed by atoms with Crippen molar-refractivity contribution < 1.29 is 32.2 Å². The SMILES string of the molecule is C=CC(=O)OCOc1ccc(C(=O)Oc2ccc(S(C)(=O)=O)cc2)cc1. The van der Waals surface area contributed by atoms with Gasteiger partial charge < -0.3 is 14.2 Å². The Morgan fingerprint density at radius 2 is 1.58 bits per heavy atom. The van der Waals surface area contributed by atoms with Gasteiger partial charge in [0, 0.05) is 12.3 Å². The molecule has 2 aromatic rings. The van der Waals surface area contributed by atoms with Crippen molar-refractivity contribution >= 4 is 21.8 Å². The maximum absolute atomic E-state index is 12.1. The predicted octanol–water partition coefficient (Wildman–Crippen LogP) is 2.37. The number of benzene rings is 2. The molecule has 2 aromatic carbocycles. The minimum absolute atomic E-state index is 0.135. The van der Waals surface area contributed by atoms with Crippen molar-refractivity contribution in [1.82, 2.24) is 0 Å². The van der Waals surface area contributed by atoms with Crippen LogP contribution in [0.4, 0.5) is 0 Å². The molecule has 7 nitrogen and oxygen atoms in total. The summed E-state index contributed by atoms with van der Waals surface area (Å²) in [5.41, 5.74) is 0.271. The molecule has 0 saturated heterocycles. The van der Waals surface area contributed by atoms with Crippen molar-refractivity contribution in [3.8, 4) is 11.5 Å². The van der Waals surface area contributed by atoms with Crippen molar-refractivity contribution in [2.24, 2.45) is 0 Å². The van der Waals surface area contributed by atoms with Crippen LogP contribution in [0.3, 0.4) is 0 Å². The van der Waals surface area contributed by atoms with E-state index in [2.05, 4.69) is 11.3 Å². The minimum atomic E-state index is -3.31. The van der Waals surface area contributed by atoms with Crippen LogP contribution >= 0.6 is 0 Å². The fourth-order valence-corrected chi connectivity index (χ4v) is 2.45. The Bertz CT molecular complexity index is 898. The second kappa shape index (κ2) is 8.30. The van der Waals surface area contributed by atoms with Crippen molar-refractivity contribution in [3.05, 3.63) is 66.7 Å². The lowest BCUT2D eigenvalue weighted by Gasteiger charge is -2.08. The maximum atomic E-state index is 12.1. The van der Waals surface area contributed by atoms with Gasteiger partial charge in [-0.2, -0.15) is 0 Å². The van der Waals surface area contributed by atoms with E-state index in [1.165, 1.54) is 48.5 Å². The molecule has 0 amide bonds. The maximum Gasteiger partial charge on any atom is 0.343 e. The molecule has 0 atom stereocenters. The fourth-order valence-electron chi connectivity index (χ4n) is 1.82. The molecule has 0 saturated carbocycles. The molecule has 0 fully saturated rings. The van der Waals surface area contributed by atoms with Gasteiger partial charge in [0.2, 0.25) is 6.79 Å². The average molecular weight is 376 g/mol. The van der Waals surface area contributed by atoms with Crippen LogP contribution in [0.25, 0.3) is 0 Å². The largest absolute Gasteiger partial charge is 0.457 e. The number of ether oxygens (including phenoxy) is 3. The summed E-state index contributed by atoms with van der Waals surface area (Å²) in [6, 6.07) is 11.5. The quantitative estimate of drug-likeness (QED) is 0.317. The second-order valence-corrected chi connectivity index (χ2v) is 7.10. The fraction of sp³-hybridized carbons (Fsp3) is 0.111. The number of carbonyl (C=O) groups excluding carboxylic acids is 2. The van der Waals surface area contributed by atoms with E-state index >= 15 is 0 Å². The Kier molecular flexibility index (Phi) is 6.13. The first-order valence-corrected chi connectivity index (χ1v) is 9.23. The van der Waals surface area contributed by atoms with Crippen molar-refractivity contribution in [1.29, 1.82) is 0 Å². The molecule has 0 N–H and O–H groups in total. The van der Waals surface area contributed by atoms with Crippen LogP contribution in [-0.2, 0) is 19.4 Å². The van der Waals surface area contributed by atoms with Crippen molar-refractivity contribution in [3.63, 3.8) is 0 Å². The van der Waals surface area contributed by atoms with Crippen molar-refractivity contribution in [2.75, 3.05) is 13.0 Å². The molecule has 2 rings (SSSR count). The predicted molar refractivity (Wildman–Crippen MR) is 92.7 cm³/mol. The molecule has 8 heteroatoms. The molecule has 0 aliphatic carbocycles. The summed E-state index contributed by atoms with van der Waals surface area (Å²) in [4.78, 5) is 23.1. The zero-order valence-electron chi connectivity index (χ0n) is 13.9. The van der Waals surface area contributed by atoms with Gasteiger partial charge in [-0.3, -0.25) is 0 Å². The van der Waals surface area contributed by atoms with E-state index in [4.69, 9.17) is 9.47 Å². The van der Waals surface area contributed by atoms with Gasteiger partial charge in [0.1, 0.15) is 11.5 Å². The van der Waals surface area contributed by atoms with Gasteiger partial charge in [0.25, 0.3) is 0 Å². The Hall–Kier alpha value is -3.13. The van der Waals surface area contributed by atoms with Gasteiger partial charge in [-0.25, -0.2) is 18.0 Å². The first kappa shape index (κ1) is 19.2. The third kappa shape index (κ3) is 5.45. The number of sulfone groups is 1. The van der Waals surface area contributed by atoms with E-state index in [0.29, 0.717) is 5.75 Å². The molecule has 0 aliphatic heterocycles. The Morgan fingerprint density at radius 1 is 1.00 bits per heavy atom. The summed E-state index contributed by atoms with van der Waals surface area (Å²) in [7, 11) is -3.31. The van der Waals surface area contributed by atoms with Gasteiger partial charge in [-0.05, 0) is 48.5 Å². The number of rotatable bonds is 7. The Morgan fingerprint density at radius 3 is 2.12 bits per heavy atom. The van der Waals surface area contributed by atoms with Gasteiger partial charge in [0.15, 0.2) is 9.84 Å². The first-order valence-electron chi connectivity index (χ1n) is 7.34. The van der Waals surface area contributed by atoms with Crippen LogP contribution in [-0.4, -0.2) is 33.4 Å². The highest BCUT2D eigenvalue weighted by molar-refractivity contribution is 7.90. The van der Waals surface area contributed by atoms with Crippen LogP contribution in [0, 0.1) is 0 Å². The van der Waals surface area contributed by atoms with Gasteiger partial charge in [-0.15, -0.1) is 0 Å². The van der Waals surface area contributed by atoms with E-state index in [0.717, 1.165) is 12.3 Å². The number of carbonyl (C=O) groups is 2. The standard InChI is InChI=1S/C18H16O7S/c1-3-17(19)24-12-23-14-6-4-13(5-7-14)18(20)25-15-8-10-16(11-9-15)26(2,21)22/h3-11H,1,12H2,2H3. The number of esters is 2. The summed E-state index contributed by atoms with van der Waals surface area (Å²) in [6.45, 7) is 2.98. The van der Waals surface area contributed by atoms with E-state index in [1.54, 1.807) is 0 Å². The Balaban J connectivity index is 1.95. The van der Waals surface area contributed by atoms with E-state index in [9.17, 15) is 18.0 Å². The molecule has 0 bridgehead atoms. The van der Waals surface area contributed by atoms with Crippen LogP contribution in [0.15, 0.2) is 66.1 Å². The van der Waals surface area contributed by atoms with Gasteiger partial charge in [0.05, 0.1) is 10.5 Å². The third-order valence-electron chi connectivity index (χ3n) is 3.15. The molecular formula is C18H16O7S. The molecule has 136 valence electrons. The van der Waals surface area contributed by atoms with Crippen LogP contribution in [0.5, 0.6) is 11.5 Å². The van der Waals surface area contributed by atoms with E-state index in [1.807, 2.05) is 0 Å².